The smallest absolute Gasteiger partial charge is 0.0474 e. The minimum absolute atomic E-state index is 0.612. The molecule has 1 aromatic carbocycles. The molecule has 0 radical (unpaired) electrons. The SMILES string of the molecule is CCCCSc1ccc(CCl)cc1C. The van der Waals surface area contributed by atoms with Gasteiger partial charge in [0.25, 0.3) is 0 Å². The molecule has 0 aliphatic carbocycles. The molecule has 0 aromatic heterocycles. The van der Waals surface area contributed by atoms with E-state index in [1.165, 1.54) is 34.6 Å². The summed E-state index contributed by atoms with van der Waals surface area (Å²) in [4.78, 5) is 1.40. The fraction of sp³-hybridized carbons (Fsp3) is 0.500. The van der Waals surface area contributed by atoms with Crippen molar-refractivity contribution in [1.29, 1.82) is 0 Å². The highest BCUT2D eigenvalue weighted by molar-refractivity contribution is 7.99. The summed E-state index contributed by atoms with van der Waals surface area (Å²) in [6.07, 6.45) is 2.56. The average Bonchev–Trinajstić information content (AvgIpc) is 2.20. The van der Waals surface area contributed by atoms with Gasteiger partial charge < -0.3 is 0 Å². The van der Waals surface area contributed by atoms with Crippen LogP contribution in [-0.2, 0) is 5.88 Å². The van der Waals surface area contributed by atoms with E-state index in [2.05, 4.69) is 32.0 Å². The number of alkyl halides is 1. The van der Waals surface area contributed by atoms with Gasteiger partial charge in [0.1, 0.15) is 0 Å². The standard InChI is InChI=1S/C12H17ClS/c1-3-4-7-14-12-6-5-11(9-13)8-10(12)2/h5-6,8H,3-4,7,9H2,1-2H3. The monoisotopic (exact) mass is 228 g/mol. The molecule has 0 aliphatic heterocycles. The van der Waals surface area contributed by atoms with Gasteiger partial charge in [0.15, 0.2) is 0 Å². The number of thioether (sulfide) groups is 1. The first-order valence-corrected chi connectivity index (χ1v) is 6.58. The molecular formula is C12H17ClS. The van der Waals surface area contributed by atoms with E-state index < -0.39 is 0 Å². The van der Waals surface area contributed by atoms with Crippen molar-refractivity contribution in [3.05, 3.63) is 29.3 Å². The van der Waals surface area contributed by atoms with E-state index >= 15 is 0 Å². The van der Waals surface area contributed by atoms with Gasteiger partial charge in [0, 0.05) is 10.8 Å². The van der Waals surface area contributed by atoms with Crippen LogP contribution in [0.5, 0.6) is 0 Å². The molecule has 0 saturated heterocycles. The Hall–Kier alpha value is -0.140. The second-order valence-electron chi connectivity index (χ2n) is 3.44. The number of halogens is 1. The van der Waals surface area contributed by atoms with Gasteiger partial charge in [-0.25, -0.2) is 0 Å². The third-order valence-corrected chi connectivity index (χ3v) is 3.72. The molecule has 0 unspecified atom stereocenters. The fourth-order valence-corrected chi connectivity index (χ4v) is 2.55. The first kappa shape index (κ1) is 11.9. The minimum atomic E-state index is 0.612. The van der Waals surface area contributed by atoms with Crippen molar-refractivity contribution in [2.24, 2.45) is 0 Å². The molecule has 0 N–H and O–H groups in total. The lowest BCUT2D eigenvalue weighted by atomic mass is 10.2. The molecule has 0 heterocycles. The molecule has 0 saturated carbocycles. The van der Waals surface area contributed by atoms with Crippen molar-refractivity contribution >= 4 is 23.4 Å². The summed E-state index contributed by atoms with van der Waals surface area (Å²) >= 11 is 7.72. The van der Waals surface area contributed by atoms with Crippen molar-refractivity contribution in [3.63, 3.8) is 0 Å². The maximum Gasteiger partial charge on any atom is 0.0474 e. The summed E-state index contributed by atoms with van der Waals surface area (Å²) < 4.78 is 0. The van der Waals surface area contributed by atoms with Gasteiger partial charge in [-0.2, -0.15) is 0 Å². The van der Waals surface area contributed by atoms with Crippen LogP contribution in [0.4, 0.5) is 0 Å². The molecule has 14 heavy (non-hydrogen) atoms. The van der Waals surface area contributed by atoms with E-state index in [1.54, 1.807) is 0 Å². The van der Waals surface area contributed by atoms with E-state index in [4.69, 9.17) is 11.6 Å². The van der Waals surface area contributed by atoms with Gasteiger partial charge in [-0.15, -0.1) is 23.4 Å². The lowest BCUT2D eigenvalue weighted by Gasteiger charge is -2.06. The average molecular weight is 229 g/mol. The second kappa shape index (κ2) is 6.36. The Morgan fingerprint density at radius 2 is 2.14 bits per heavy atom. The molecule has 0 amide bonds. The van der Waals surface area contributed by atoms with Crippen LogP contribution in [0.3, 0.4) is 0 Å². The topological polar surface area (TPSA) is 0 Å². The Kier molecular flexibility index (Phi) is 5.42. The number of unbranched alkanes of at least 4 members (excludes halogenated alkanes) is 1. The van der Waals surface area contributed by atoms with Gasteiger partial charge in [0.05, 0.1) is 0 Å². The van der Waals surface area contributed by atoms with Crippen LogP contribution in [-0.4, -0.2) is 5.75 Å². The van der Waals surface area contributed by atoms with Crippen LogP contribution >= 0.6 is 23.4 Å². The van der Waals surface area contributed by atoms with Gasteiger partial charge in [0.2, 0.25) is 0 Å². The minimum Gasteiger partial charge on any atom is -0.126 e. The Balaban J connectivity index is 2.59. The number of rotatable bonds is 5. The molecule has 0 aliphatic rings. The van der Waals surface area contributed by atoms with Crippen LogP contribution < -0.4 is 0 Å². The molecule has 0 bridgehead atoms. The van der Waals surface area contributed by atoms with Crippen LogP contribution in [0.2, 0.25) is 0 Å². The number of aryl methyl sites for hydroxylation is 1. The highest BCUT2D eigenvalue weighted by Gasteiger charge is 1.99. The third kappa shape index (κ3) is 3.55. The zero-order chi connectivity index (χ0) is 10.4. The first-order valence-electron chi connectivity index (χ1n) is 5.06. The quantitative estimate of drug-likeness (QED) is 0.403. The van der Waals surface area contributed by atoms with Crippen molar-refractivity contribution < 1.29 is 0 Å². The van der Waals surface area contributed by atoms with E-state index in [0.717, 1.165) is 0 Å². The van der Waals surface area contributed by atoms with Crippen molar-refractivity contribution in [2.75, 3.05) is 5.75 Å². The maximum atomic E-state index is 5.77. The Labute approximate surface area is 96.0 Å². The highest BCUT2D eigenvalue weighted by atomic mass is 35.5. The Bertz CT molecular complexity index is 284. The van der Waals surface area contributed by atoms with Crippen LogP contribution in [0, 0.1) is 6.92 Å². The van der Waals surface area contributed by atoms with Crippen molar-refractivity contribution in [1.82, 2.24) is 0 Å². The molecule has 0 atom stereocenters. The van der Waals surface area contributed by atoms with E-state index in [9.17, 15) is 0 Å². The summed E-state index contributed by atoms with van der Waals surface area (Å²) in [7, 11) is 0. The zero-order valence-corrected chi connectivity index (χ0v) is 10.4. The second-order valence-corrected chi connectivity index (χ2v) is 4.84. The number of benzene rings is 1. The fourth-order valence-electron chi connectivity index (χ4n) is 1.28. The zero-order valence-electron chi connectivity index (χ0n) is 8.85. The lowest BCUT2D eigenvalue weighted by molar-refractivity contribution is 0.896. The van der Waals surface area contributed by atoms with Gasteiger partial charge in [-0.3, -0.25) is 0 Å². The van der Waals surface area contributed by atoms with E-state index in [-0.39, 0.29) is 0 Å². The first-order chi connectivity index (χ1) is 6.77. The summed E-state index contributed by atoms with van der Waals surface area (Å²) in [5.74, 6) is 1.83. The van der Waals surface area contributed by atoms with Crippen molar-refractivity contribution in [2.45, 2.75) is 37.5 Å². The molecule has 1 aromatic rings. The third-order valence-electron chi connectivity index (χ3n) is 2.15. The molecule has 0 fully saturated rings. The van der Waals surface area contributed by atoms with Crippen molar-refractivity contribution in [3.8, 4) is 0 Å². The Morgan fingerprint density at radius 3 is 2.71 bits per heavy atom. The lowest BCUT2D eigenvalue weighted by Crippen LogP contribution is -1.85. The van der Waals surface area contributed by atoms with Crippen LogP contribution in [0.25, 0.3) is 0 Å². The predicted octanol–water partition coefficient (Wildman–Crippen LogP) is 4.63. The molecule has 78 valence electrons. The Morgan fingerprint density at radius 1 is 1.36 bits per heavy atom. The van der Waals surface area contributed by atoms with Crippen LogP contribution in [0.1, 0.15) is 30.9 Å². The maximum absolute atomic E-state index is 5.77. The summed E-state index contributed by atoms with van der Waals surface area (Å²) in [6.45, 7) is 4.38. The molecular weight excluding hydrogens is 212 g/mol. The van der Waals surface area contributed by atoms with Gasteiger partial charge in [-0.1, -0.05) is 25.5 Å². The highest BCUT2D eigenvalue weighted by Crippen LogP contribution is 2.24. The summed E-state index contributed by atoms with van der Waals surface area (Å²) in [5, 5.41) is 0. The number of hydrogen-bond acceptors (Lipinski definition) is 1. The summed E-state index contributed by atoms with van der Waals surface area (Å²) in [6, 6.07) is 6.49. The van der Waals surface area contributed by atoms with E-state index in [1.807, 2.05) is 11.8 Å². The van der Waals surface area contributed by atoms with Gasteiger partial charge >= 0.3 is 0 Å². The predicted molar refractivity (Wildman–Crippen MR) is 66.4 cm³/mol. The molecule has 1 rings (SSSR count). The molecule has 0 spiro atoms. The van der Waals surface area contributed by atoms with Crippen LogP contribution in [0.15, 0.2) is 23.1 Å². The molecule has 2 heteroatoms. The van der Waals surface area contributed by atoms with E-state index in [0.29, 0.717) is 5.88 Å². The molecule has 0 nitrogen and oxygen atoms in total. The summed E-state index contributed by atoms with van der Waals surface area (Å²) in [5.41, 5.74) is 2.56. The normalized spacial score (nSPS) is 10.5. The van der Waals surface area contributed by atoms with Gasteiger partial charge in [-0.05, 0) is 36.3 Å². The number of hydrogen-bond donors (Lipinski definition) is 0. The largest absolute Gasteiger partial charge is 0.126 e.